The summed E-state index contributed by atoms with van der Waals surface area (Å²) < 4.78 is 0. The predicted octanol–water partition coefficient (Wildman–Crippen LogP) is -0.108. The highest BCUT2D eigenvalue weighted by atomic mass is 16.2. The van der Waals surface area contributed by atoms with Crippen molar-refractivity contribution in [2.24, 2.45) is 0 Å². The van der Waals surface area contributed by atoms with Crippen molar-refractivity contribution in [2.45, 2.75) is 13.0 Å². The number of pyridine rings is 1. The average Bonchev–Trinajstić information content (AvgIpc) is 2.45. The molecule has 0 saturated carbocycles. The molecule has 0 spiro atoms. The lowest BCUT2D eigenvalue weighted by Gasteiger charge is -2.36. The number of likely N-dealkylation sites (N-methyl/N-ethyl adjacent to an activating group) is 1. The number of hydrogen-bond acceptors (Lipinski definition) is 4. The second-order valence-corrected chi connectivity index (χ2v) is 5.14. The summed E-state index contributed by atoms with van der Waals surface area (Å²) >= 11 is 0. The van der Waals surface area contributed by atoms with Crippen LogP contribution in [0.4, 0.5) is 0 Å². The van der Waals surface area contributed by atoms with Crippen LogP contribution in [-0.2, 0) is 4.79 Å². The van der Waals surface area contributed by atoms with Crippen LogP contribution in [0.25, 0.3) is 0 Å². The molecule has 2 rings (SSSR count). The van der Waals surface area contributed by atoms with E-state index in [2.05, 4.69) is 10.3 Å². The molecule has 0 radical (unpaired) electrons. The molecule has 1 atom stereocenters. The first-order valence-corrected chi connectivity index (χ1v) is 6.66. The summed E-state index contributed by atoms with van der Waals surface area (Å²) in [7, 11) is 3.41. The van der Waals surface area contributed by atoms with Gasteiger partial charge in [0.2, 0.25) is 5.91 Å². The van der Waals surface area contributed by atoms with Crippen molar-refractivity contribution in [3.8, 4) is 0 Å². The van der Waals surface area contributed by atoms with Gasteiger partial charge in [-0.25, -0.2) is 0 Å². The van der Waals surface area contributed by atoms with Crippen LogP contribution in [0.3, 0.4) is 0 Å². The summed E-state index contributed by atoms with van der Waals surface area (Å²) in [6.45, 7) is 3.57. The Morgan fingerprint density at radius 2 is 2.20 bits per heavy atom. The van der Waals surface area contributed by atoms with Crippen LogP contribution >= 0.6 is 0 Å². The third-order valence-corrected chi connectivity index (χ3v) is 3.37. The minimum Gasteiger partial charge on any atom is -0.347 e. The van der Waals surface area contributed by atoms with Crippen LogP contribution in [0.15, 0.2) is 18.3 Å². The van der Waals surface area contributed by atoms with Crippen LogP contribution in [0, 0.1) is 6.92 Å². The van der Waals surface area contributed by atoms with Gasteiger partial charge < -0.3 is 15.1 Å². The van der Waals surface area contributed by atoms with E-state index in [1.807, 2.05) is 6.92 Å². The highest BCUT2D eigenvalue weighted by Crippen LogP contribution is 2.12. The van der Waals surface area contributed by atoms with Crippen LogP contribution in [0.5, 0.6) is 0 Å². The zero-order valence-electron chi connectivity index (χ0n) is 12.1. The van der Waals surface area contributed by atoms with E-state index in [0.29, 0.717) is 25.2 Å². The zero-order valence-corrected chi connectivity index (χ0v) is 12.1. The maximum absolute atomic E-state index is 12.6. The fraction of sp³-hybridized carbons (Fsp3) is 0.500. The van der Waals surface area contributed by atoms with Crippen LogP contribution in [-0.4, -0.2) is 66.4 Å². The largest absolute Gasteiger partial charge is 0.347 e. The monoisotopic (exact) mass is 276 g/mol. The zero-order chi connectivity index (χ0) is 14.7. The molecule has 2 amide bonds. The lowest BCUT2D eigenvalue weighted by molar-refractivity contribution is -0.134. The molecular formula is C14H20N4O2. The van der Waals surface area contributed by atoms with Gasteiger partial charge in [-0.1, -0.05) is 0 Å². The molecule has 6 heteroatoms. The summed E-state index contributed by atoms with van der Waals surface area (Å²) in [5, 5.41) is 3.16. The Bertz CT molecular complexity index is 516. The third-order valence-electron chi connectivity index (χ3n) is 3.37. The molecule has 1 fully saturated rings. The first-order chi connectivity index (χ1) is 9.50. The van der Waals surface area contributed by atoms with Crippen LogP contribution < -0.4 is 5.32 Å². The number of aromatic nitrogens is 1. The molecule has 1 aromatic heterocycles. The molecule has 1 aromatic rings. The highest BCUT2D eigenvalue weighted by Gasteiger charge is 2.33. The minimum atomic E-state index is -0.445. The number of hydrogen-bond donors (Lipinski definition) is 1. The molecular weight excluding hydrogens is 256 g/mol. The van der Waals surface area contributed by atoms with Gasteiger partial charge in [0.1, 0.15) is 6.04 Å². The molecule has 0 aliphatic carbocycles. The van der Waals surface area contributed by atoms with Crippen molar-refractivity contribution in [3.05, 3.63) is 29.6 Å². The first kappa shape index (κ1) is 14.5. The van der Waals surface area contributed by atoms with Crippen LogP contribution in [0.1, 0.15) is 16.1 Å². The maximum Gasteiger partial charge on any atom is 0.254 e. The van der Waals surface area contributed by atoms with Gasteiger partial charge in [0.15, 0.2) is 0 Å². The fourth-order valence-corrected chi connectivity index (χ4v) is 2.31. The van der Waals surface area contributed by atoms with Gasteiger partial charge in [-0.05, 0) is 19.1 Å². The Balaban J connectivity index is 2.23. The summed E-state index contributed by atoms with van der Waals surface area (Å²) in [5.74, 6) is -0.173. The lowest BCUT2D eigenvalue weighted by Crippen LogP contribution is -2.59. The van der Waals surface area contributed by atoms with E-state index in [-0.39, 0.29) is 11.8 Å². The number of piperazine rings is 1. The van der Waals surface area contributed by atoms with Crippen molar-refractivity contribution in [1.29, 1.82) is 0 Å². The molecule has 108 valence electrons. The van der Waals surface area contributed by atoms with E-state index >= 15 is 0 Å². The summed E-state index contributed by atoms with van der Waals surface area (Å²) in [6.07, 6.45) is 1.62. The normalized spacial score (nSPS) is 18.8. The molecule has 0 bridgehead atoms. The molecule has 1 aliphatic heterocycles. The Morgan fingerprint density at radius 3 is 2.85 bits per heavy atom. The summed E-state index contributed by atoms with van der Waals surface area (Å²) in [4.78, 5) is 32.0. The van der Waals surface area contributed by atoms with Gasteiger partial charge in [-0.2, -0.15) is 0 Å². The number of nitrogens with one attached hydrogen (secondary N) is 1. The number of carbonyl (C=O) groups excluding carboxylic acids is 2. The van der Waals surface area contributed by atoms with Gasteiger partial charge in [-0.3, -0.25) is 14.6 Å². The van der Waals surface area contributed by atoms with Gasteiger partial charge in [-0.15, -0.1) is 0 Å². The van der Waals surface area contributed by atoms with Gasteiger partial charge in [0.05, 0.1) is 0 Å². The molecule has 20 heavy (non-hydrogen) atoms. The van der Waals surface area contributed by atoms with Crippen molar-refractivity contribution >= 4 is 11.8 Å². The van der Waals surface area contributed by atoms with Crippen molar-refractivity contribution in [1.82, 2.24) is 20.1 Å². The standard InChI is InChI=1S/C14H20N4O2/c1-10-8-11(4-5-16-10)13(19)18-7-6-15-9-12(18)14(20)17(2)3/h4-5,8,12,15H,6-7,9H2,1-3H3. The predicted molar refractivity (Wildman–Crippen MR) is 75.4 cm³/mol. The van der Waals surface area contributed by atoms with E-state index in [1.165, 1.54) is 4.90 Å². The number of nitrogens with zero attached hydrogens (tertiary/aromatic N) is 3. The minimum absolute atomic E-state index is 0.0590. The van der Waals surface area contributed by atoms with E-state index < -0.39 is 6.04 Å². The Hall–Kier alpha value is -1.95. The Kier molecular flexibility index (Phi) is 4.34. The number of amides is 2. The van der Waals surface area contributed by atoms with E-state index in [1.54, 1.807) is 37.3 Å². The smallest absolute Gasteiger partial charge is 0.254 e. The number of rotatable bonds is 2. The Labute approximate surface area is 118 Å². The Morgan fingerprint density at radius 1 is 1.45 bits per heavy atom. The molecule has 1 aliphatic rings. The van der Waals surface area contributed by atoms with Gasteiger partial charge in [0.25, 0.3) is 5.91 Å². The van der Waals surface area contributed by atoms with Gasteiger partial charge in [0, 0.05) is 51.2 Å². The summed E-state index contributed by atoms with van der Waals surface area (Å²) in [6, 6.07) is 3.00. The SMILES string of the molecule is Cc1cc(C(=O)N2CCNCC2C(=O)N(C)C)ccn1. The van der Waals surface area contributed by atoms with Gasteiger partial charge >= 0.3 is 0 Å². The van der Waals surface area contributed by atoms with E-state index in [4.69, 9.17) is 0 Å². The fourth-order valence-electron chi connectivity index (χ4n) is 2.31. The molecule has 2 heterocycles. The molecule has 1 saturated heterocycles. The van der Waals surface area contributed by atoms with E-state index in [0.717, 1.165) is 5.69 Å². The molecule has 1 N–H and O–H groups in total. The number of aryl methyl sites for hydroxylation is 1. The quantitative estimate of drug-likeness (QED) is 0.819. The second kappa shape index (κ2) is 6.00. The third kappa shape index (κ3) is 2.96. The average molecular weight is 276 g/mol. The van der Waals surface area contributed by atoms with Crippen molar-refractivity contribution in [2.75, 3.05) is 33.7 Å². The van der Waals surface area contributed by atoms with E-state index in [9.17, 15) is 9.59 Å². The first-order valence-electron chi connectivity index (χ1n) is 6.66. The summed E-state index contributed by atoms with van der Waals surface area (Å²) in [5.41, 5.74) is 1.37. The van der Waals surface area contributed by atoms with Crippen LogP contribution in [0.2, 0.25) is 0 Å². The second-order valence-electron chi connectivity index (χ2n) is 5.14. The van der Waals surface area contributed by atoms with Crippen molar-refractivity contribution < 1.29 is 9.59 Å². The lowest BCUT2D eigenvalue weighted by atomic mass is 10.1. The van der Waals surface area contributed by atoms with Crippen molar-refractivity contribution in [3.63, 3.8) is 0 Å². The topological polar surface area (TPSA) is 65.5 Å². The highest BCUT2D eigenvalue weighted by molar-refractivity contribution is 5.97. The molecule has 0 aromatic carbocycles. The molecule has 6 nitrogen and oxygen atoms in total. The maximum atomic E-state index is 12.6. The molecule has 1 unspecified atom stereocenters. The number of carbonyl (C=O) groups is 2.